The van der Waals surface area contributed by atoms with Gasteiger partial charge < -0.3 is 14.8 Å². The van der Waals surface area contributed by atoms with Crippen molar-refractivity contribution in [1.29, 1.82) is 0 Å². The molecular formula is C19H13FN2O3. The maximum absolute atomic E-state index is 13.8. The third-order valence-corrected chi connectivity index (χ3v) is 3.82. The van der Waals surface area contributed by atoms with Crippen LogP contribution in [0.25, 0.3) is 17.0 Å². The van der Waals surface area contributed by atoms with E-state index in [0.717, 1.165) is 5.56 Å². The second-order valence-electron chi connectivity index (χ2n) is 5.40. The number of rotatable bonds is 3. The van der Waals surface area contributed by atoms with Gasteiger partial charge in [0.25, 0.3) is 0 Å². The fraction of sp³-hybridized carbons (Fsp3) is 0.0526. The fourth-order valence-corrected chi connectivity index (χ4v) is 2.67. The Kier molecular flexibility index (Phi) is 3.78. The molecule has 2 aromatic carbocycles. The van der Waals surface area contributed by atoms with Gasteiger partial charge >= 0.3 is 0 Å². The summed E-state index contributed by atoms with van der Waals surface area (Å²) in [7, 11) is 0. The maximum atomic E-state index is 13.8. The van der Waals surface area contributed by atoms with Gasteiger partial charge in [0.15, 0.2) is 11.5 Å². The molecule has 0 aliphatic carbocycles. The van der Waals surface area contributed by atoms with Crippen LogP contribution in [0.2, 0.25) is 0 Å². The normalized spacial score (nSPS) is 12.7. The Hall–Kier alpha value is -3.41. The summed E-state index contributed by atoms with van der Waals surface area (Å²) < 4.78 is 24.5. The lowest BCUT2D eigenvalue weighted by molar-refractivity contribution is -0.111. The van der Waals surface area contributed by atoms with Crippen molar-refractivity contribution in [2.24, 2.45) is 0 Å². The Balaban J connectivity index is 1.58. The van der Waals surface area contributed by atoms with E-state index in [0.29, 0.717) is 22.6 Å². The first-order chi connectivity index (χ1) is 12.2. The first-order valence-corrected chi connectivity index (χ1v) is 7.63. The van der Waals surface area contributed by atoms with Gasteiger partial charge in [0.05, 0.1) is 5.69 Å². The van der Waals surface area contributed by atoms with Crippen LogP contribution >= 0.6 is 0 Å². The van der Waals surface area contributed by atoms with Crippen LogP contribution in [-0.4, -0.2) is 17.7 Å². The smallest absolute Gasteiger partial charge is 0.248 e. The van der Waals surface area contributed by atoms with Gasteiger partial charge in [0.1, 0.15) is 11.3 Å². The van der Waals surface area contributed by atoms with Gasteiger partial charge in [-0.15, -0.1) is 0 Å². The molecule has 1 amide bonds. The highest BCUT2D eigenvalue weighted by Crippen LogP contribution is 2.35. The van der Waals surface area contributed by atoms with Crippen molar-refractivity contribution in [3.63, 3.8) is 0 Å². The lowest BCUT2D eigenvalue weighted by Gasteiger charge is -2.07. The molecule has 1 aliphatic rings. The van der Waals surface area contributed by atoms with Crippen LogP contribution in [0, 0.1) is 5.82 Å². The number of fused-ring (bicyclic) bond motifs is 2. The molecule has 1 aliphatic heterocycles. The molecule has 4 rings (SSSR count). The molecule has 0 fully saturated rings. The minimum Gasteiger partial charge on any atom is -0.454 e. The number of carbonyl (C=O) groups excluding carboxylic acids is 1. The Labute approximate surface area is 142 Å². The summed E-state index contributed by atoms with van der Waals surface area (Å²) in [4.78, 5) is 16.2. The van der Waals surface area contributed by atoms with Crippen LogP contribution in [0.1, 0.15) is 5.56 Å². The van der Waals surface area contributed by atoms with Gasteiger partial charge in [-0.3, -0.25) is 9.78 Å². The molecule has 1 aromatic heterocycles. The van der Waals surface area contributed by atoms with Crippen molar-refractivity contribution < 1.29 is 18.7 Å². The quantitative estimate of drug-likeness (QED) is 0.740. The molecule has 1 N–H and O–H groups in total. The Morgan fingerprint density at radius 3 is 2.96 bits per heavy atom. The van der Waals surface area contributed by atoms with Crippen LogP contribution in [0.5, 0.6) is 11.5 Å². The number of halogens is 1. The average molecular weight is 336 g/mol. The van der Waals surface area contributed by atoms with Crippen LogP contribution < -0.4 is 14.8 Å². The van der Waals surface area contributed by atoms with Crippen molar-refractivity contribution in [2.75, 3.05) is 12.1 Å². The molecule has 124 valence electrons. The molecule has 0 unspecified atom stereocenters. The van der Waals surface area contributed by atoms with E-state index in [1.54, 1.807) is 30.3 Å². The van der Waals surface area contributed by atoms with Crippen molar-refractivity contribution in [3.05, 3.63) is 66.1 Å². The number of hydrogen-bond acceptors (Lipinski definition) is 4. The first-order valence-electron chi connectivity index (χ1n) is 7.63. The topological polar surface area (TPSA) is 60.5 Å². The van der Waals surface area contributed by atoms with Crippen molar-refractivity contribution in [2.45, 2.75) is 0 Å². The molecule has 3 aromatic rings. The summed E-state index contributed by atoms with van der Waals surface area (Å²) in [6.07, 6.45) is 4.50. The largest absolute Gasteiger partial charge is 0.454 e. The van der Waals surface area contributed by atoms with Gasteiger partial charge in [-0.1, -0.05) is 24.3 Å². The molecule has 0 atom stereocenters. The molecule has 0 saturated heterocycles. The fourth-order valence-electron chi connectivity index (χ4n) is 2.67. The molecule has 0 radical (unpaired) electrons. The number of carbonyl (C=O) groups is 1. The van der Waals surface area contributed by atoms with Crippen LogP contribution in [0.3, 0.4) is 0 Å². The standard InChI is InChI=1S/C19H13FN2O3/c20-14-5-2-4-13-15(9-10-21-18(13)14)22-17(23)8-7-12-3-1-6-16-19(12)25-11-24-16/h1-10H,11H2,(H,21,22,23). The number of nitrogens with one attached hydrogen (secondary N) is 1. The molecule has 25 heavy (non-hydrogen) atoms. The Morgan fingerprint density at radius 2 is 2.04 bits per heavy atom. The number of pyridine rings is 1. The number of nitrogens with zero attached hydrogens (tertiary/aromatic N) is 1. The summed E-state index contributed by atoms with van der Waals surface area (Å²) in [5.74, 6) is 0.496. The van der Waals surface area contributed by atoms with Crippen LogP contribution in [0.15, 0.2) is 54.7 Å². The number of ether oxygens (including phenoxy) is 2. The van der Waals surface area contributed by atoms with E-state index in [1.807, 2.05) is 12.1 Å². The highest BCUT2D eigenvalue weighted by molar-refractivity contribution is 6.07. The van der Waals surface area contributed by atoms with Crippen molar-refractivity contribution in [3.8, 4) is 11.5 Å². The van der Waals surface area contributed by atoms with E-state index in [9.17, 15) is 9.18 Å². The van der Waals surface area contributed by atoms with Gasteiger partial charge in [-0.25, -0.2) is 4.39 Å². The minimum absolute atomic E-state index is 0.168. The number of aromatic nitrogens is 1. The lowest BCUT2D eigenvalue weighted by Crippen LogP contribution is -2.08. The summed E-state index contributed by atoms with van der Waals surface area (Å²) in [5, 5.41) is 3.29. The number of para-hydroxylation sites is 2. The lowest BCUT2D eigenvalue weighted by atomic mass is 10.1. The maximum Gasteiger partial charge on any atom is 0.248 e. The SMILES string of the molecule is O=C(C=Cc1cccc2c1OCO2)Nc1ccnc2c(F)cccc12. The molecule has 2 heterocycles. The Morgan fingerprint density at radius 1 is 1.16 bits per heavy atom. The predicted octanol–water partition coefficient (Wildman–Crippen LogP) is 3.75. The van der Waals surface area contributed by atoms with E-state index in [1.165, 1.54) is 18.3 Å². The van der Waals surface area contributed by atoms with Crippen LogP contribution in [0.4, 0.5) is 10.1 Å². The Bertz CT molecular complexity index is 1000. The van der Waals surface area contributed by atoms with Crippen molar-refractivity contribution >= 4 is 28.6 Å². The first kappa shape index (κ1) is 15.1. The van der Waals surface area contributed by atoms with Gasteiger partial charge in [0, 0.05) is 23.2 Å². The zero-order chi connectivity index (χ0) is 17.2. The summed E-state index contributed by atoms with van der Waals surface area (Å²) in [5.41, 5.74) is 1.46. The van der Waals surface area contributed by atoms with Crippen molar-refractivity contribution in [1.82, 2.24) is 4.98 Å². The number of anilines is 1. The van der Waals surface area contributed by atoms with E-state index >= 15 is 0 Å². The summed E-state index contributed by atoms with van der Waals surface area (Å²) in [6, 6.07) is 11.7. The monoisotopic (exact) mass is 336 g/mol. The third kappa shape index (κ3) is 2.89. The molecule has 0 saturated carbocycles. The second kappa shape index (κ2) is 6.24. The average Bonchev–Trinajstić information content (AvgIpc) is 3.10. The van der Waals surface area contributed by atoms with Gasteiger partial charge in [-0.2, -0.15) is 0 Å². The molecule has 6 heteroatoms. The highest BCUT2D eigenvalue weighted by atomic mass is 19.1. The van der Waals surface area contributed by atoms with E-state index in [2.05, 4.69) is 10.3 Å². The molecule has 0 bridgehead atoms. The van der Waals surface area contributed by atoms with E-state index in [-0.39, 0.29) is 18.2 Å². The summed E-state index contributed by atoms with van der Waals surface area (Å²) >= 11 is 0. The minimum atomic E-state index is -0.430. The third-order valence-electron chi connectivity index (χ3n) is 3.82. The molecule has 5 nitrogen and oxygen atoms in total. The summed E-state index contributed by atoms with van der Waals surface area (Å²) in [6.45, 7) is 0.168. The number of hydrogen-bond donors (Lipinski definition) is 1. The molecular weight excluding hydrogens is 323 g/mol. The zero-order valence-electron chi connectivity index (χ0n) is 13.0. The van der Waals surface area contributed by atoms with Gasteiger partial charge in [-0.05, 0) is 24.3 Å². The second-order valence-corrected chi connectivity index (χ2v) is 5.40. The highest BCUT2D eigenvalue weighted by Gasteiger charge is 2.15. The number of benzene rings is 2. The van der Waals surface area contributed by atoms with E-state index < -0.39 is 5.82 Å². The number of amides is 1. The predicted molar refractivity (Wildman–Crippen MR) is 91.9 cm³/mol. The van der Waals surface area contributed by atoms with E-state index in [4.69, 9.17) is 9.47 Å². The van der Waals surface area contributed by atoms with Gasteiger partial charge in [0.2, 0.25) is 12.7 Å². The zero-order valence-corrected chi connectivity index (χ0v) is 13.0. The van der Waals surface area contributed by atoms with Crippen LogP contribution in [-0.2, 0) is 4.79 Å². The molecule has 0 spiro atoms.